The molecule has 0 atom stereocenters. The normalized spacial score (nSPS) is 15.3. The summed E-state index contributed by atoms with van der Waals surface area (Å²) in [6.45, 7) is 7.43. The van der Waals surface area contributed by atoms with Crippen LogP contribution in [0.3, 0.4) is 0 Å². The molecule has 1 aliphatic rings. The average Bonchev–Trinajstić information content (AvgIpc) is 2.97. The summed E-state index contributed by atoms with van der Waals surface area (Å²) < 4.78 is 34.5. The summed E-state index contributed by atoms with van der Waals surface area (Å²) in [6.07, 6.45) is 4.76. The summed E-state index contributed by atoms with van der Waals surface area (Å²) >= 11 is 0. The SMILES string of the molecule is CCCn1c(C)cc(C(=O)COC(=O)c2ccc(S(=O)(=O)N3CCCCCC3)cc2)c1C. The zero-order chi connectivity index (χ0) is 23.3. The Hall–Kier alpha value is -2.45. The van der Waals surface area contributed by atoms with Crippen LogP contribution in [0.2, 0.25) is 0 Å². The lowest BCUT2D eigenvalue weighted by molar-refractivity contribution is 0.0474. The van der Waals surface area contributed by atoms with Gasteiger partial charge in [0.15, 0.2) is 6.61 Å². The number of ether oxygens (including phenoxy) is 1. The van der Waals surface area contributed by atoms with Gasteiger partial charge in [0.05, 0.1) is 10.5 Å². The lowest BCUT2D eigenvalue weighted by Gasteiger charge is -2.19. The third-order valence-electron chi connectivity index (χ3n) is 5.95. The Morgan fingerprint density at radius 2 is 1.62 bits per heavy atom. The number of Topliss-reactive ketones (excluding diaryl/α,β-unsaturated/α-hetero) is 1. The van der Waals surface area contributed by atoms with Gasteiger partial charge < -0.3 is 9.30 Å². The molecule has 7 nitrogen and oxygen atoms in total. The van der Waals surface area contributed by atoms with Crippen LogP contribution in [0.25, 0.3) is 0 Å². The van der Waals surface area contributed by atoms with E-state index < -0.39 is 16.0 Å². The van der Waals surface area contributed by atoms with Crippen molar-refractivity contribution in [1.82, 2.24) is 8.87 Å². The van der Waals surface area contributed by atoms with Gasteiger partial charge in [0.25, 0.3) is 0 Å². The van der Waals surface area contributed by atoms with E-state index >= 15 is 0 Å². The molecule has 1 aromatic heterocycles. The molecule has 174 valence electrons. The summed E-state index contributed by atoms with van der Waals surface area (Å²) in [5.41, 5.74) is 2.64. The fourth-order valence-electron chi connectivity index (χ4n) is 4.14. The van der Waals surface area contributed by atoms with Gasteiger partial charge in [0, 0.05) is 36.6 Å². The van der Waals surface area contributed by atoms with Gasteiger partial charge in [-0.1, -0.05) is 19.8 Å². The van der Waals surface area contributed by atoms with Crippen molar-refractivity contribution < 1.29 is 22.7 Å². The molecule has 1 aliphatic heterocycles. The number of esters is 1. The maximum absolute atomic E-state index is 12.9. The van der Waals surface area contributed by atoms with Crippen molar-refractivity contribution in [2.45, 2.75) is 64.3 Å². The van der Waals surface area contributed by atoms with Crippen LogP contribution in [0, 0.1) is 13.8 Å². The highest BCUT2D eigenvalue weighted by Crippen LogP contribution is 2.21. The van der Waals surface area contributed by atoms with E-state index in [1.54, 1.807) is 0 Å². The lowest BCUT2D eigenvalue weighted by atomic mass is 10.1. The summed E-state index contributed by atoms with van der Waals surface area (Å²) in [5, 5.41) is 0. The molecule has 0 unspecified atom stereocenters. The lowest BCUT2D eigenvalue weighted by Crippen LogP contribution is -2.31. The minimum absolute atomic E-state index is 0.162. The highest BCUT2D eigenvalue weighted by atomic mass is 32.2. The monoisotopic (exact) mass is 460 g/mol. The van der Waals surface area contributed by atoms with E-state index in [0.29, 0.717) is 18.7 Å². The Morgan fingerprint density at radius 1 is 1.00 bits per heavy atom. The zero-order valence-electron chi connectivity index (χ0n) is 19.1. The third-order valence-corrected chi connectivity index (χ3v) is 7.86. The smallest absolute Gasteiger partial charge is 0.338 e. The Kier molecular flexibility index (Phi) is 7.90. The van der Waals surface area contributed by atoms with E-state index in [1.807, 2.05) is 19.9 Å². The zero-order valence-corrected chi connectivity index (χ0v) is 19.9. The summed E-state index contributed by atoms with van der Waals surface area (Å²) in [6, 6.07) is 7.55. The van der Waals surface area contributed by atoms with Gasteiger partial charge in [0.2, 0.25) is 15.8 Å². The van der Waals surface area contributed by atoms with Gasteiger partial charge in [-0.2, -0.15) is 4.31 Å². The Bertz CT molecular complexity index is 1060. The van der Waals surface area contributed by atoms with Gasteiger partial charge in [-0.15, -0.1) is 0 Å². The van der Waals surface area contributed by atoms with Crippen LogP contribution in [0.15, 0.2) is 35.2 Å². The first-order valence-electron chi connectivity index (χ1n) is 11.2. The highest BCUT2D eigenvalue weighted by Gasteiger charge is 2.25. The Balaban J connectivity index is 1.64. The van der Waals surface area contributed by atoms with E-state index in [4.69, 9.17) is 4.74 Å². The molecule has 3 rings (SSSR count). The Morgan fingerprint density at radius 3 is 2.22 bits per heavy atom. The first-order valence-corrected chi connectivity index (χ1v) is 12.7. The molecular weight excluding hydrogens is 428 g/mol. The minimum Gasteiger partial charge on any atom is -0.454 e. The minimum atomic E-state index is -3.58. The Labute approximate surface area is 190 Å². The number of aromatic nitrogens is 1. The second-order valence-corrected chi connectivity index (χ2v) is 10.2. The van der Waals surface area contributed by atoms with Crippen LogP contribution in [0.4, 0.5) is 0 Å². The topological polar surface area (TPSA) is 85.7 Å². The van der Waals surface area contributed by atoms with E-state index in [1.165, 1.54) is 28.6 Å². The second kappa shape index (κ2) is 10.4. The fourth-order valence-corrected chi connectivity index (χ4v) is 5.65. The van der Waals surface area contributed by atoms with Crippen molar-refractivity contribution >= 4 is 21.8 Å². The molecule has 0 spiro atoms. The van der Waals surface area contributed by atoms with Crippen molar-refractivity contribution in [2.75, 3.05) is 19.7 Å². The fraction of sp³-hybridized carbons (Fsp3) is 0.500. The summed E-state index contributed by atoms with van der Waals surface area (Å²) in [4.78, 5) is 25.2. The number of ketones is 1. The van der Waals surface area contributed by atoms with Gasteiger partial charge in [0.1, 0.15) is 0 Å². The van der Waals surface area contributed by atoms with Crippen molar-refractivity contribution in [1.29, 1.82) is 0 Å². The summed E-state index contributed by atoms with van der Waals surface area (Å²) in [5.74, 6) is -0.909. The standard InChI is InChI=1S/C24H32N2O5S/c1-4-13-26-18(2)16-22(19(26)3)23(27)17-31-24(28)20-9-11-21(12-10-20)32(29,30)25-14-7-5-6-8-15-25/h9-12,16H,4-8,13-15,17H2,1-3H3. The summed E-state index contributed by atoms with van der Waals surface area (Å²) in [7, 11) is -3.58. The molecule has 32 heavy (non-hydrogen) atoms. The predicted octanol–water partition coefficient (Wildman–Crippen LogP) is 4.12. The molecule has 0 N–H and O–H groups in total. The number of hydrogen-bond donors (Lipinski definition) is 0. The number of hydrogen-bond acceptors (Lipinski definition) is 5. The highest BCUT2D eigenvalue weighted by molar-refractivity contribution is 7.89. The predicted molar refractivity (Wildman–Crippen MR) is 122 cm³/mol. The number of carbonyl (C=O) groups excluding carboxylic acids is 2. The molecule has 1 saturated heterocycles. The molecule has 0 radical (unpaired) electrons. The number of benzene rings is 1. The van der Waals surface area contributed by atoms with Crippen molar-refractivity contribution in [2.24, 2.45) is 0 Å². The number of sulfonamides is 1. The molecule has 8 heteroatoms. The van der Waals surface area contributed by atoms with Gasteiger partial charge in [-0.05, 0) is 63.4 Å². The van der Waals surface area contributed by atoms with Crippen LogP contribution in [0.1, 0.15) is 71.1 Å². The molecule has 2 heterocycles. The van der Waals surface area contributed by atoms with Crippen LogP contribution < -0.4 is 0 Å². The van der Waals surface area contributed by atoms with E-state index in [-0.39, 0.29) is 22.8 Å². The van der Waals surface area contributed by atoms with E-state index in [0.717, 1.165) is 50.0 Å². The average molecular weight is 461 g/mol. The molecule has 1 fully saturated rings. The molecule has 0 bridgehead atoms. The molecule has 0 amide bonds. The third kappa shape index (κ3) is 5.30. The molecular formula is C24H32N2O5S. The number of aryl methyl sites for hydroxylation is 1. The molecule has 0 aliphatic carbocycles. The van der Waals surface area contributed by atoms with Crippen LogP contribution in [-0.2, 0) is 21.3 Å². The van der Waals surface area contributed by atoms with Crippen LogP contribution in [0.5, 0.6) is 0 Å². The van der Waals surface area contributed by atoms with Gasteiger partial charge in [-0.25, -0.2) is 13.2 Å². The van der Waals surface area contributed by atoms with Crippen LogP contribution >= 0.6 is 0 Å². The van der Waals surface area contributed by atoms with Gasteiger partial charge in [-0.3, -0.25) is 4.79 Å². The first kappa shape index (κ1) is 24.2. The van der Waals surface area contributed by atoms with Crippen molar-refractivity contribution in [3.05, 3.63) is 52.8 Å². The second-order valence-electron chi connectivity index (χ2n) is 8.28. The quantitative estimate of drug-likeness (QED) is 0.437. The maximum Gasteiger partial charge on any atom is 0.338 e. The first-order chi connectivity index (χ1) is 15.3. The van der Waals surface area contributed by atoms with Crippen molar-refractivity contribution in [3.8, 4) is 0 Å². The van der Waals surface area contributed by atoms with Gasteiger partial charge >= 0.3 is 5.97 Å². The van der Waals surface area contributed by atoms with E-state index in [2.05, 4.69) is 11.5 Å². The maximum atomic E-state index is 12.9. The largest absolute Gasteiger partial charge is 0.454 e. The number of nitrogens with zero attached hydrogens (tertiary/aromatic N) is 2. The number of carbonyl (C=O) groups is 2. The molecule has 2 aromatic rings. The molecule has 0 saturated carbocycles. The van der Waals surface area contributed by atoms with E-state index in [9.17, 15) is 18.0 Å². The van der Waals surface area contributed by atoms with Crippen LogP contribution in [-0.4, -0.2) is 48.7 Å². The number of rotatable bonds is 8. The van der Waals surface area contributed by atoms with Crippen molar-refractivity contribution in [3.63, 3.8) is 0 Å². The molecule has 1 aromatic carbocycles.